The first kappa shape index (κ1) is 28.3. The molecule has 0 aliphatic heterocycles. The number of hydrogen-bond acceptors (Lipinski definition) is 3. The van der Waals surface area contributed by atoms with Gasteiger partial charge in [0.25, 0.3) is 0 Å². The molecule has 1 aromatic rings. The van der Waals surface area contributed by atoms with Crippen molar-refractivity contribution in [3.8, 4) is 0 Å². The van der Waals surface area contributed by atoms with Gasteiger partial charge in [-0.25, -0.2) is 0 Å². The lowest BCUT2D eigenvalue weighted by Gasteiger charge is -2.34. The van der Waals surface area contributed by atoms with Crippen molar-refractivity contribution in [2.75, 3.05) is 19.6 Å². The van der Waals surface area contributed by atoms with Crippen molar-refractivity contribution >= 4 is 13.7 Å². The second kappa shape index (κ2) is 20.0. The molecule has 3 N–H and O–H groups in total. The minimum Gasteiger partial charge on any atom is -0.310 e. The Morgan fingerprint density at radius 3 is 1.19 bits per heavy atom. The third kappa shape index (κ3) is 13.5. The fourth-order valence-corrected chi connectivity index (χ4v) is 7.53. The van der Waals surface area contributed by atoms with Crippen molar-refractivity contribution in [1.29, 1.82) is 0 Å². The Labute approximate surface area is 195 Å². The van der Waals surface area contributed by atoms with Gasteiger partial charge in [-0.15, -0.1) is 0 Å². The van der Waals surface area contributed by atoms with Crippen LogP contribution in [0.5, 0.6) is 0 Å². The molecule has 180 valence electrons. The van der Waals surface area contributed by atoms with Crippen LogP contribution in [0.25, 0.3) is 0 Å². The van der Waals surface area contributed by atoms with E-state index in [1.807, 2.05) is 0 Å². The molecule has 3 nitrogen and oxygen atoms in total. The van der Waals surface area contributed by atoms with E-state index in [-0.39, 0.29) is 0 Å². The average molecular weight is 448 g/mol. The van der Waals surface area contributed by atoms with Crippen molar-refractivity contribution in [3.05, 3.63) is 30.3 Å². The Morgan fingerprint density at radius 1 is 0.484 bits per heavy atom. The largest absolute Gasteiger partial charge is 0.315 e. The predicted molar refractivity (Wildman–Crippen MR) is 142 cm³/mol. The Balaban J connectivity index is 2.71. The van der Waals surface area contributed by atoms with E-state index >= 15 is 0 Å². The van der Waals surface area contributed by atoms with Gasteiger partial charge in [-0.2, -0.15) is 0 Å². The third-order valence-corrected chi connectivity index (χ3v) is 9.76. The summed E-state index contributed by atoms with van der Waals surface area (Å²) in [5, 5.41) is 1.45. The summed E-state index contributed by atoms with van der Waals surface area (Å²) >= 11 is 0. The van der Waals surface area contributed by atoms with E-state index in [0.717, 1.165) is 19.6 Å². The first-order chi connectivity index (χ1) is 15.3. The zero-order valence-corrected chi connectivity index (χ0v) is 22.1. The van der Waals surface area contributed by atoms with Crippen LogP contribution in [0.1, 0.15) is 117 Å². The summed E-state index contributed by atoms with van der Waals surface area (Å²) < 4.78 is 0. The van der Waals surface area contributed by atoms with Gasteiger partial charge in [0.05, 0.1) is 0 Å². The van der Waals surface area contributed by atoms with E-state index in [1.165, 1.54) is 101 Å². The van der Waals surface area contributed by atoms with E-state index in [4.69, 9.17) is 0 Å². The Morgan fingerprint density at radius 2 is 0.839 bits per heavy atom. The Hall–Kier alpha value is -0.683. The molecule has 1 aromatic carbocycles. The van der Waals surface area contributed by atoms with Gasteiger partial charge in [0, 0.05) is 0 Å². The molecule has 0 aliphatic rings. The number of rotatable bonds is 22. The summed E-state index contributed by atoms with van der Waals surface area (Å²) in [6.07, 6.45) is 20.0. The van der Waals surface area contributed by atoms with Gasteiger partial charge >= 0.3 is 8.56 Å². The van der Waals surface area contributed by atoms with Gasteiger partial charge in [0.1, 0.15) is 0 Å². The van der Waals surface area contributed by atoms with Crippen LogP contribution in [0.4, 0.5) is 0 Å². The molecule has 0 amide bonds. The van der Waals surface area contributed by atoms with Crippen LogP contribution in [0.3, 0.4) is 0 Å². The third-order valence-electron chi connectivity index (χ3n) is 6.22. The molecule has 0 saturated carbocycles. The number of unbranched alkanes of at least 4 members (excludes halogenated alkanes) is 12. The van der Waals surface area contributed by atoms with Gasteiger partial charge in [-0.05, 0) is 44.1 Å². The lowest BCUT2D eigenvalue weighted by Crippen LogP contribution is -2.79. The molecular weight excluding hydrogens is 394 g/mol. The summed E-state index contributed by atoms with van der Waals surface area (Å²) in [6, 6.07) is 11.2. The maximum atomic E-state index is 4.05. The number of hydrogen-bond donors (Lipinski definition) is 3. The predicted octanol–water partition coefficient (Wildman–Crippen LogP) is 6.51. The second-order valence-electron chi connectivity index (χ2n) is 9.14. The van der Waals surface area contributed by atoms with Crippen LogP contribution in [-0.4, -0.2) is 28.2 Å². The van der Waals surface area contributed by atoms with Crippen molar-refractivity contribution in [2.45, 2.75) is 117 Å². The number of nitrogens with one attached hydrogen (secondary N) is 3. The average Bonchev–Trinajstić information content (AvgIpc) is 2.80. The molecular formula is C27H53N3Si. The van der Waals surface area contributed by atoms with Crippen LogP contribution in [0.15, 0.2) is 30.3 Å². The molecule has 0 saturated heterocycles. The normalized spacial score (nSPS) is 11.8. The van der Waals surface area contributed by atoms with Crippen molar-refractivity contribution in [1.82, 2.24) is 14.9 Å². The second-order valence-corrected chi connectivity index (χ2v) is 12.3. The molecule has 0 heterocycles. The highest BCUT2D eigenvalue weighted by molar-refractivity contribution is 6.85. The fourth-order valence-electron chi connectivity index (χ4n) is 4.20. The summed E-state index contributed by atoms with van der Waals surface area (Å²) in [7, 11) is -2.13. The Bertz CT molecular complexity index is 454. The lowest BCUT2D eigenvalue weighted by atomic mass is 10.2. The number of benzene rings is 1. The van der Waals surface area contributed by atoms with Gasteiger partial charge in [0.2, 0.25) is 0 Å². The topological polar surface area (TPSA) is 36.1 Å². The van der Waals surface area contributed by atoms with Crippen LogP contribution in [0.2, 0.25) is 0 Å². The highest BCUT2D eigenvalue weighted by atomic mass is 28.4. The van der Waals surface area contributed by atoms with E-state index in [1.54, 1.807) is 0 Å². The molecule has 0 radical (unpaired) electrons. The summed E-state index contributed by atoms with van der Waals surface area (Å²) in [5.74, 6) is 0. The van der Waals surface area contributed by atoms with Crippen LogP contribution in [0, 0.1) is 0 Å². The molecule has 0 aromatic heterocycles. The smallest absolute Gasteiger partial charge is 0.310 e. The maximum absolute atomic E-state index is 4.05. The molecule has 0 aliphatic carbocycles. The Kier molecular flexibility index (Phi) is 18.3. The quantitative estimate of drug-likeness (QED) is 0.140. The SMILES string of the molecule is CCCCCCCN[Si](NCCCCCCC)(NCCCCCCC)c1ccccc1. The fraction of sp³-hybridized carbons (Fsp3) is 0.778. The lowest BCUT2D eigenvalue weighted by molar-refractivity contribution is 0.592. The van der Waals surface area contributed by atoms with Crippen LogP contribution >= 0.6 is 0 Å². The maximum Gasteiger partial charge on any atom is 0.315 e. The van der Waals surface area contributed by atoms with Gasteiger partial charge in [0.15, 0.2) is 0 Å². The van der Waals surface area contributed by atoms with E-state index in [2.05, 4.69) is 66.1 Å². The van der Waals surface area contributed by atoms with Crippen LogP contribution in [-0.2, 0) is 0 Å². The molecule has 0 fully saturated rings. The molecule has 0 bridgehead atoms. The van der Waals surface area contributed by atoms with Crippen molar-refractivity contribution < 1.29 is 0 Å². The molecule has 1 rings (SSSR count). The van der Waals surface area contributed by atoms with Crippen LogP contribution < -0.4 is 20.1 Å². The van der Waals surface area contributed by atoms with Crippen molar-refractivity contribution in [3.63, 3.8) is 0 Å². The monoisotopic (exact) mass is 447 g/mol. The van der Waals surface area contributed by atoms with E-state index in [0.29, 0.717) is 0 Å². The summed E-state index contributed by atoms with van der Waals surface area (Å²) in [5.41, 5.74) is 0. The molecule has 0 atom stereocenters. The molecule has 31 heavy (non-hydrogen) atoms. The summed E-state index contributed by atoms with van der Waals surface area (Å²) in [4.78, 5) is 12.1. The highest BCUT2D eigenvalue weighted by Crippen LogP contribution is 2.06. The minimum atomic E-state index is -2.13. The zero-order chi connectivity index (χ0) is 22.5. The molecule has 0 spiro atoms. The minimum absolute atomic E-state index is 1.11. The van der Waals surface area contributed by atoms with E-state index < -0.39 is 8.56 Å². The van der Waals surface area contributed by atoms with Gasteiger partial charge in [-0.1, -0.05) is 128 Å². The zero-order valence-electron chi connectivity index (χ0n) is 21.1. The summed E-state index contributed by atoms with van der Waals surface area (Å²) in [6.45, 7) is 10.2. The standard InChI is InChI=1S/C27H53N3Si/c1-4-7-10-13-19-24-28-31(27-22-17-16-18-23-27,29-25-20-14-11-8-5-2)30-26-21-15-12-9-6-3/h16-18,22-23,28-30H,4-15,19-21,24-26H2,1-3H3. The molecule has 0 unspecified atom stereocenters. The highest BCUT2D eigenvalue weighted by Gasteiger charge is 2.35. The molecule has 4 heteroatoms. The van der Waals surface area contributed by atoms with E-state index in [9.17, 15) is 0 Å². The first-order valence-electron chi connectivity index (χ1n) is 13.6. The first-order valence-corrected chi connectivity index (χ1v) is 15.6. The van der Waals surface area contributed by atoms with Gasteiger partial charge in [-0.3, -0.25) is 0 Å². The van der Waals surface area contributed by atoms with Crippen molar-refractivity contribution in [2.24, 2.45) is 0 Å². The van der Waals surface area contributed by atoms with Gasteiger partial charge < -0.3 is 14.9 Å².